The Hall–Kier alpha value is -4.60. The third-order valence-electron chi connectivity index (χ3n) is 5.62. The highest BCUT2D eigenvalue weighted by molar-refractivity contribution is 5.99. The van der Waals surface area contributed by atoms with Crippen molar-refractivity contribution in [3.05, 3.63) is 71.3 Å². The van der Waals surface area contributed by atoms with Crippen LogP contribution in [0.5, 0.6) is 0 Å². The number of nitrogens with zero attached hydrogens (tertiary/aromatic N) is 7. The third-order valence-corrected chi connectivity index (χ3v) is 5.62. The van der Waals surface area contributed by atoms with Crippen molar-refractivity contribution in [2.45, 2.75) is 26.3 Å². The molecule has 0 saturated heterocycles. The lowest BCUT2D eigenvalue weighted by Crippen LogP contribution is -2.09. The quantitative estimate of drug-likeness (QED) is 0.371. The molecular formula is C24H20N8O2. The van der Waals surface area contributed by atoms with Gasteiger partial charge in [-0.3, -0.25) is 9.59 Å². The largest absolute Gasteiger partial charge is 0.321 e. The predicted octanol–water partition coefficient (Wildman–Crippen LogP) is 3.47. The molecule has 10 heteroatoms. The number of benzene rings is 2. The van der Waals surface area contributed by atoms with Gasteiger partial charge in [0.1, 0.15) is 16.9 Å². The molecular weight excluding hydrogens is 432 g/mol. The summed E-state index contributed by atoms with van der Waals surface area (Å²) in [7, 11) is 0. The van der Waals surface area contributed by atoms with E-state index in [1.54, 1.807) is 0 Å². The van der Waals surface area contributed by atoms with Gasteiger partial charge in [-0.2, -0.15) is 0 Å². The van der Waals surface area contributed by atoms with E-state index in [0.29, 0.717) is 36.0 Å². The molecule has 0 aliphatic heterocycles. The molecule has 5 aromatic rings. The zero-order valence-corrected chi connectivity index (χ0v) is 18.5. The van der Waals surface area contributed by atoms with E-state index < -0.39 is 0 Å². The van der Waals surface area contributed by atoms with E-state index in [0.717, 1.165) is 28.1 Å². The second kappa shape index (κ2) is 8.74. The van der Waals surface area contributed by atoms with E-state index in [1.165, 1.54) is 0 Å². The molecule has 0 bridgehead atoms. The number of carbonyl (C=O) groups is 2. The van der Waals surface area contributed by atoms with E-state index in [1.807, 2.05) is 66.9 Å². The average Bonchev–Trinajstić information content (AvgIpc) is 3.53. The van der Waals surface area contributed by atoms with Crippen molar-refractivity contribution in [2.24, 2.45) is 0 Å². The van der Waals surface area contributed by atoms with Gasteiger partial charge in [-0.1, -0.05) is 62.4 Å². The SMILES string of the molecule is CC(C)c1nc2c(C=O)nnc(C=O)c2n1Cc1ccc(-c2ccccc2-c2nnn[nH]2)cc1. The van der Waals surface area contributed by atoms with Crippen LogP contribution in [0, 0.1) is 0 Å². The fourth-order valence-corrected chi connectivity index (χ4v) is 4.06. The molecule has 0 aliphatic rings. The summed E-state index contributed by atoms with van der Waals surface area (Å²) in [6.07, 6.45) is 1.26. The second-order valence-electron chi connectivity index (χ2n) is 8.11. The Labute approximate surface area is 194 Å². The van der Waals surface area contributed by atoms with Gasteiger partial charge in [-0.25, -0.2) is 10.1 Å². The van der Waals surface area contributed by atoms with Crippen molar-refractivity contribution in [3.63, 3.8) is 0 Å². The lowest BCUT2D eigenvalue weighted by atomic mass is 9.98. The minimum Gasteiger partial charge on any atom is -0.321 e. The van der Waals surface area contributed by atoms with Crippen molar-refractivity contribution < 1.29 is 9.59 Å². The van der Waals surface area contributed by atoms with Gasteiger partial charge in [0.25, 0.3) is 0 Å². The summed E-state index contributed by atoms with van der Waals surface area (Å²) < 4.78 is 1.94. The van der Waals surface area contributed by atoms with Gasteiger partial charge >= 0.3 is 0 Å². The Kier molecular flexibility index (Phi) is 5.46. The number of aldehydes is 2. The van der Waals surface area contributed by atoms with Gasteiger partial charge in [0, 0.05) is 18.0 Å². The zero-order chi connectivity index (χ0) is 23.7. The molecule has 0 amide bonds. The van der Waals surface area contributed by atoms with Crippen LogP contribution in [0.1, 0.15) is 52.1 Å². The predicted molar refractivity (Wildman–Crippen MR) is 124 cm³/mol. The van der Waals surface area contributed by atoms with Gasteiger partial charge in [0.2, 0.25) is 0 Å². The van der Waals surface area contributed by atoms with Crippen LogP contribution in [-0.2, 0) is 6.54 Å². The summed E-state index contributed by atoms with van der Waals surface area (Å²) >= 11 is 0. The van der Waals surface area contributed by atoms with Crippen molar-refractivity contribution >= 4 is 23.6 Å². The Morgan fingerprint density at radius 2 is 1.62 bits per heavy atom. The van der Waals surface area contributed by atoms with E-state index in [4.69, 9.17) is 0 Å². The van der Waals surface area contributed by atoms with Crippen LogP contribution in [0.15, 0.2) is 48.5 Å². The highest BCUT2D eigenvalue weighted by Gasteiger charge is 2.21. The van der Waals surface area contributed by atoms with Crippen molar-refractivity contribution in [3.8, 4) is 22.5 Å². The third kappa shape index (κ3) is 3.64. The zero-order valence-electron chi connectivity index (χ0n) is 18.5. The Morgan fingerprint density at radius 1 is 0.912 bits per heavy atom. The smallest absolute Gasteiger partial charge is 0.180 e. The number of hydrogen-bond donors (Lipinski definition) is 1. The number of imidazole rings is 1. The Bertz CT molecular complexity index is 1490. The molecule has 3 aromatic heterocycles. The summed E-state index contributed by atoms with van der Waals surface area (Å²) in [5, 5.41) is 22.0. The molecule has 0 spiro atoms. The number of H-pyrrole nitrogens is 1. The summed E-state index contributed by atoms with van der Waals surface area (Å²) in [6.45, 7) is 4.49. The first kappa shape index (κ1) is 21.3. The molecule has 2 aromatic carbocycles. The molecule has 0 unspecified atom stereocenters. The van der Waals surface area contributed by atoms with E-state index >= 15 is 0 Å². The molecule has 1 N–H and O–H groups in total. The van der Waals surface area contributed by atoms with Gasteiger partial charge in [0.05, 0.1) is 0 Å². The van der Waals surface area contributed by atoms with Crippen molar-refractivity contribution in [1.29, 1.82) is 0 Å². The number of carbonyl (C=O) groups excluding carboxylic acids is 2. The molecule has 5 rings (SSSR count). The van der Waals surface area contributed by atoms with Crippen LogP contribution in [-0.4, -0.2) is 52.9 Å². The van der Waals surface area contributed by atoms with E-state index in [-0.39, 0.29) is 17.3 Å². The monoisotopic (exact) mass is 452 g/mol. The lowest BCUT2D eigenvalue weighted by molar-refractivity contribution is 0.110. The minimum absolute atomic E-state index is 0.0630. The molecule has 3 heterocycles. The molecule has 0 atom stereocenters. The normalized spacial score (nSPS) is 11.3. The maximum absolute atomic E-state index is 11.7. The number of rotatable bonds is 7. The van der Waals surface area contributed by atoms with Gasteiger partial charge in [0.15, 0.2) is 29.8 Å². The average molecular weight is 452 g/mol. The number of tetrazole rings is 1. The van der Waals surface area contributed by atoms with Crippen LogP contribution in [0.4, 0.5) is 0 Å². The molecule has 0 saturated carbocycles. The molecule has 10 nitrogen and oxygen atoms in total. The van der Waals surface area contributed by atoms with E-state index in [2.05, 4.69) is 35.8 Å². The maximum atomic E-state index is 11.7. The highest BCUT2D eigenvalue weighted by atomic mass is 16.1. The highest BCUT2D eigenvalue weighted by Crippen LogP contribution is 2.30. The summed E-state index contributed by atoms with van der Waals surface area (Å²) in [6, 6.07) is 16.0. The van der Waals surface area contributed by atoms with Gasteiger partial charge in [-0.05, 0) is 27.1 Å². The number of hydrogen-bond acceptors (Lipinski definition) is 8. The van der Waals surface area contributed by atoms with Gasteiger partial charge in [-0.15, -0.1) is 15.3 Å². The minimum atomic E-state index is 0.0630. The lowest BCUT2D eigenvalue weighted by Gasteiger charge is -2.13. The fourth-order valence-electron chi connectivity index (χ4n) is 4.06. The fraction of sp³-hybridized carbons (Fsp3) is 0.167. The van der Waals surface area contributed by atoms with Crippen LogP contribution in [0.3, 0.4) is 0 Å². The van der Waals surface area contributed by atoms with Crippen LogP contribution in [0.2, 0.25) is 0 Å². The molecule has 0 radical (unpaired) electrons. The summed E-state index contributed by atoms with van der Waals surface area (Å²) in [5.74, 6) is 1.41. The van der Waals surface area contributed by atoms with Crippen molar-refractivity contribution in [1.82, 2.24) is 40.4 Å². The van der Waals surface area contributed by atoms with E-state index in [9.17, 15) is 9.59 Å². The summed E-state index contributed by atoms with van der Waals surface area (Å²) in [4.78, 5) is 27.8. The topological polar surface area (TPSA) is 132 Å². The van der Waals surface area contributed by atoms with Gasteiger partial charge < -0.3 is 4.57 Å². The molecule has 168 valence electrons. The second-order valence-corrected chi connectivity index (χ2v) is 8.11. The first-order valence-corrected chi connectivity index (χ1v) is 10.7. The standard InChI is InChI=1S/C24H20N8O2/c1-14(2)24-25-21-19(12-33)26-27-20(13-34)22(21)32(24)11-15-7-9-16(10-8-15)17-5-3-4-6-18(17)23-28-30-31-29-23/h3-10,12-14H,11H2,1-2H3,(H,28,29,30,31). The maximum Gasteiger partial charge on any atom is 0.180 e. The number of aromatic amines is 1. The first-order chi connectivity index (χ1) is 16.6. The summed E-state index contributed by atoms with van der Waals surface area (Å²) in [5.41, 5.74) is 5.10. The van der Waals surface area contributed by atoms with Crippen LogP contribution >= 0.6 is 0 Å². The number of aromatic nitrogens is 8. The molecule has 0 fully saturated rings. The molecule has 0 aliphatic carbocycles. The van der Waals surface area contributed by atoms with Crippen molar-refractivity contribution in [2.75, 3.05) is 0 Å². The molecule has 34 heavy (non-hydrogen) atoms. The van der Waals surface area contributed by atoms with Crippen LogP contribution < -0.4 is 0 Å². The Morgan fingerprint density at radius 3 is 2.26 bits per heavy atom. The Balaban J connectivity index is 1.56. The van der Waals surface area contributed by atoms with Crippen LogP contribution in [0.25, 0.3) is 33.5 Å². The first-order valence-electron chi connectivity index (χ1n) is 10.7. The number of nitrogens with one attached hydrogen (secondary N) is 1. The number of fused-ring (bicyclic) bond motifs is 1.